The molecule has 5 nitrogen and oxygen atoms in total. The molecule has 0 saturated carbocycles. The lowest BCUT2D eigenvalue weighted by Gasteiger charge is -2.19. The molecule has 0 N–H and O–H groups in total. The molecule has 10 aromatic rings. The van der Waals surface area contributed by atoms with Crippen LogP contribution in [0.3, 0.4) is 0 Å². The summed E-state index contributed by atoms with van der Waals surface area (Å²) in [6.07, 6.45) is 0. The van der Waals surface area contributed by atoms with Crippen molar-refractivity contribution in [3.05, 3.63) is 179 Å². The van der Waals surface area contributed by atoms with Crippen LogP contribution >= 0.6 is 0 Å². The highest BCUT2D eigenvalue weighted by Crippen LogP contribution is 2.42. The smallest absolute Gasteiger partial charge is 0.161 e. The number of aromatic nitrogens is 4. The summed E-state index contributed by atoms with van der Waals surface area (Å²) in [6.45, 7) is 12.6. The third-order valence-corrected chi connectivity index (χ3v) is 11.7. The fourth-order valence-electron chi connectivity index (χ4n) is 9.13. The Kier molecular flexibility index (Phi) is 8.14. The molecular formula is C53H41N5. The molecule has 5 heteroatoms. The summed E-state index contributed by atoms with van der Waals surface area (Å²) < 4.78 is 4.57. The molecule has 0 amide bonds. The number of hydrogen-bond donors (Lipinski definition) is 0. The van der Waals surface area contributed by atoms with E-state index in [-0.39, 0.29) is 0 Å². The van der Waals surface area contributed by atoms with Crippen LogP contribution in [0.4, 0.5) is 0 Å². The lowest BCUT2D eigenvalue weighted by molar-refractivity contribution is 1.05. The number of aryl methyl sites for hydroxylation is 6. The summed E-state index contributed by atoms with van der Waals surface area (Å²) in [4.78, 5) is 10.2. The minimum absolute atomic E-state index is 0.555. The molecule has 7 aromatic carbocycles. The van der Waals surface area contributed by atoms with Crippen molar-refractivity contribution in [3.63, 3.8) is 0 Å². The molecule has 0 unspecified atom stereocenters. The Labute approximate surface area is 338 Å². The number of fused-ring (bicyclic) bond motifs is 6. The predicted octanol–water partition coefficient (Wildman–Crippen LogP) is 13.4. The molecule has 278 valence electrons. The van der Waals surface area contributed by atoms with Crippen molar-refractivity contribution in [1.82, 2.24) is 19.1 Å². The van der Waals surface area contributed by atoms with E-state index in [2.05, 4.69) is 176 Å². The van der Waals surface area contributed by atoms with E-state index in [4.69, 9.17) is 9.97 Å². The van der Waals surface area contributed by atoms with Crippen molar-refractivity contribution in [3.8, 4) is 51.1 Å². The molecule has 0 aliphatic carbocycles. The molecular weight excluding hydrogens is 707 g/mol. The number of hydrogen-bond acceptors (Lipinski definition) is 3. The Morgan fingerprint density at radius 1 is 0.431 bits per heavy atom. The second kappa shape index (κ2) is 13.4. The summed E-state index contributed by atoms with van der Waals surface area (Å²) in [6, 6.07) is 52.6. The number of benzene rings is 7. The average molecular weight is 748 g/mol. The van der Waals surface area contributed by atoms with Crippen LogP contribution in [0.2, 0.25) is 0 Å². The average Bonchev–Trinajstić information content (AvgIpc) is 3.72. The number of rotatable bonds is 5. The highest BCUT2D eigenvalue weighted by molar-refractivity contribution is 6.12. The maximum Gasteiger partial charge on any atom is 0.161 e. The van der Waals surface area contributed by atoms with E-state index in [0.29, 0.717) is 11.4 Å². The van der Waals surface area contributed by atoms with Gasteiger partial charge in [0.05, 0.1) is 39.0 Å². The van der Waals surface area contributed by atoms with Crippen LogP contribution in [0.25, 0.3) is 88.6 Å². The molecule has 3 aromatic heterocycles. The van der Waals surface area contributed by atoms with Gasteiger partial charge in [-0.05, 0) is 117 Å². The summed E-state index contributed by atoms with van der Waals surface area (Å²) >= 11 is 0. The van der Waals surface area contributed by atoms with E-state index >= 15 is 0 Å². The monoisotopic (exact) mass is 747 g/mol. The molecule has 0 atom stereocenters. The zero-order valence-electron chi connectivity index (χ0n) is 33.5. The van der Waals surface area contributed by atoms with E-state index in [1.807, 2.05) is 19.9 Å². The van der Waals surface area contributed by atoms with Crippen molar-refractivity contribution in [1.29, 1.82) is 5.26 Å². The van der Waals surface area contributed by atoms with E-state index in [1.165, 1.54) is 33.4 Å². The maximum absolute atomic E-state index is 11.2. The predicted molar refractivity (Wildman–Crippen MR) is 240 cm³/mol. The van der Waals surface area contributed by atoms with E-state index in [0.717, 1.165) is 83.1 Å². The highest BCUT2D eigenvalue weighted by atomic mass is 15.0. The van der Waals surface area contributed by atoms with Crippen LogP contribution in [-0.4, -0.2) is 19.1 Å². The first-order chi connectivity index (χ1) is 28.2. The van der Waals surface area contributed by atoms with Crippen molar-refractivity contribution < 1.29 is 0 Å². The first kappa shape index (κ1) is 35.1. The Hall–Kier alpha value is -7.29. The number of nitriles is 1. The third kappa shape index (κ3) is 5.60. The molecule has 0 aliphatic heterocycles. The molecule has 0 saturated heterocycles. The van der Waals surface area contributed by atoms with Crippen LogP contribution in [0, 0.1) is 52.9 Å². The zero-order valence-corrected chi connectivity index (χ0v) is 33.5. The quantitative estimate of drug-likeness (QED) is 0.176. The third-order valence-electron chi connectivity index (χ3n) is 11.7. The Bertz CT molecular complexity index is 3350. The second-order valence-electron chi connectivity index (χ2n) is 15.8. The molecule has 0 fully saturated rings. The topological polar surface area (TPSA) is 59.4 Å². The van der Waals surface area contributed by atoms with Gasteiger partial charge in [0.2, 0.25) is 0 Å². The standard InChI is InChI=1S/C53H41N5/c1-31-15-19-40(33(3)23-31)37-17-21-44-42-11-7-9-13-47(42)57(50(44)26-37)49-29-46(53-55-35(5)25-36(6)56-53)52(28-39(49)30-54)58-48-14-10-8-12-43(48)45-22-18-38(27-51(45)58)41-20-16-32(2)24-34(41)4/h7-29H,1-6H3. The van der Waals surface area contributed by atoms with Crippen molar-refractivity contribution in [2.45, 2.75) is 41.5 Å². The molecule has 0 spiro atoms. The minimum atomic E-state index is 0.555. The lowest BCUT2D eigenvalue weighted by atomic mass is 9.97. The van der Waals surface area contributed by atoms with Gasteiger partial charge >= 0.3 is 0 Å². The normalized spacial score (nSPS) is 11.6. The largest absolute Gasteiger partial charge is 0.308 e. The number of nitrogens with zero attached hydrogens (tertiary/aromatic N) is 5. The van der Waals surface area contributed by atoms with Crippen LogP contribution in [0.1, 0.15) is 39.2 Å². The van der Waals surface area contributed by atoms with Crippen LogP contribution in [0.5, 0.6) is 0 Å². The van der Waals surface area contributed by atoms with Crippen molar-refractivity contribution in [2.75, 3.05) is 0 Å². The SMILES string of the molecule is Cc1ccc(-c2ccc3c4ccccc4n(-c4cc(-c5nc(C)cc(C)n5)c(-n5c6ccccc6c6ccc(-c7ccc(C)cc7C)cc65)cc4C#N)c3c2)c(C)c1. The van der Waals surface area contributed by atoms with Crippen molar-refractivity contribution >= 4 is 43.6 Å². The second-order valence-corrected chi connectivity index (χ2v) is 15.8. The fourth-order valence-corrected chi connectivity index (χ4v) is 9.13. The zero-order chi connectivity index (χ0) is 39.8. The van der Waals surface area contributed by atoms with Gasteiger partial charge in [0.15, 0.2) is 5.82 Å². The maximum atomic E-state index is 11.2. The summed E-state index contributed by atoms with van der Waals surface area (Å²) in [5, 5.41) is 15.7. The Balaban J connectivity index is 1.31. The lowest BCUT2D eigenvalue weighted by Crippen LogP contribution is -2.06. The molecule has 10 rings (SSSR count). The molecule has 0 radical (unpaired) electrons. The number of para-hydroxylation sites is 2. The van der Waals surface area contributed by atoms with E-state index in [1.54, 1.807) is 0 Å². The minimum Gasteiger partial charge on any atom is -0.308 e. The van der Waals surface area contributed by atoms with Crippen LogP contribution in [-0.2, 0) is 0 Å². The summed E-state index contributed by atoms with van der Waals surface area (Å²) in [5.74, 6) is 0.617. The van der Waals surface area contributed by atoms with Gasteiger partial charge in [-0.1, -0.05) is 108 Å². The molecule has 0 bridgehead atoms. The van der Waals surface area contributed by atoms with Gasteiger partial charge in [-0.2, -0.15) is 5.26 Å². The van der Waals surface area contributed by atoms with Gasteiger partial charge in [0.25, 0.3) is 0 Å². The van der Waals surface area contributed by atoms with Gasteiger partial charge in [0, 0.05) is 38.5 Å². The molecule has 58 heavy (non-hydrogen) atoms. The summed E-state index contributed by atoms with van der Waals surface area (Å²) in [5.41, 5.74) is 18.6. The van der Waals surface area contributed by atoms with Gasteiger partial charge in [0.1, 0.15) is 6.07 Å². The van der Waals surface area contributed by atoms with E-state index < -0.39 is 0 Å². The van der Waals surface area contributed by atoms with Crippen molar-refractivity contribution in [2.24, 2.45) is 0 Å². The first-order valence-corrected chi connectivity index (χ1v) is 19.8. The Morgan fingerprint density at radius 2 is 0.914 bits per heavy atom. The molecule has 3 heterocycles. The van der Waals surface area contributed by atoms with E-state index in [9.17, 15) is 5.26 Å². The van der Waals surface area contributed by atoms with Gasteiger partial charge in [-0.3, -0.25) is 0 Å². The van der Waals surface area contributed by atoms with Gasteiger partial charge in [-0.15, -0.1) is 0 Å². The highest BCUT2D eigenvalue weighted by Gasteiger charge is 2.24. The fraction of sp³-hybridized carbons (Fsp3) is 0.113. The molecule has 0 aliphatic rings. The van der Waals surface area contributed by atoms with Gasteiger partial charge < -0.3 is 9.13 Å². The Morgan fingerprint density at radius 3 is 1.41 bits per heavy atom. The summed E-state index contributed by atoms with van der Waals surface area (Å²) in [7, 11) is 0. The first-order valence-electron chi connectivity index (χ1n) is 19.8. The van der Waals surface area contributed by atoms with Crippen LogP contribution in [0.15, 0.2) is 140 Å². The van der Waals surface area contributed by atoms with Crippen LogP contribution < -0.4 is 0 Å². The van der Waals surface area contributed by atoms with Gasteiger partial charge in [-0.25, -0.2) is 9.97 Å².